The van der Waals surface area contributed by atoms with E-state index in [1.165, 1.54) is 0 Å². The number of hydrogen-bond donors (Lipinski definition) is 1. The van der Waals surface area contributed by atoms with Crippen molar-refractivity contribution in [1.29, 1.82) is 0 Å². The highest BCUT2D eigenvalue weighted by Crippen LogP contribution is 2.10. The van der Waals surface area contributed by atoms with Crippen LogP contribution >= 0.6 is 0 Å². The topological polar surface area (TPSA) is 81.7 Å². The lowest BCUT2D eigenvalue weighted by molar-refractivity contribution is 0.0529. The van der Waals surface area contributed by atoms with Crippen LogP contribution in [0.25, 0.3) is 0 Å². The number of rotatable bonds is 5. The molecule has 0 saturated carbocycles. The van der Waals surface area contributed by atoms with Crippen LogP contribution in [0.2, 0.25) is 0 Å². The van der Waals surface area contributed by atoms with Crippen molar-refractivity contribution in [1.82, 2.24) is 5.32 Å². The Morgan fingerprint density at radius 1 is 1.21 bits per heavy atom. The molecule has 0 aliphatic carbocycles. The molecule has 0 aromatic carbocycles. The van der Waals surface area contributed by atoms with E-state index in [-0.39, 0.29) is 0 Å². The van der Waals surface area contributed by atoms with Crippen molar-refractivity contribution in [2.75, 3.05) is 19.4 Å². The second kappa shape index (κ2) is 6.80. The first-order chi connectivity index (χ1) is 8.41. The zero-order chi connectivity index (χ0) is 15.3. The number of alkyl carbamates (subject to hydrolysis) is 1. The Bertz CT molecular complexity index is 453. The Morgan fingerprint density at radius 3 is 2.16 bits per heavy atom. The van der Waals surface area contributed by atoms with Gasteiger partial charge in [-0.3, -0.25) is 4.18 Å². The van der Waals surface area contributed by atoms with Crippen molar-refractivity contribution in [2.24, 2.45) is 0 Å². The van der Waals surface area contributed by atoms with Crippen LogP contribution in [-0.2, 0) is 19.0 Å². The van der Waals surface area contributed by atoms with Crippen LogP contribution in [0.15, 0.2) is 11.7 Å². The largest absolute Gasteiger partial charge is 0.444 e. The molecule has 6 nitrogen and oxygen atoms in total. The minimum atomic E-state index is -3.86. The first-order valence-corrected chi connectivity index (χ1v) is 7.06. The predicted octanol–water partition coefficient (Wildman–Crippen LogP) is 1.64. The summed E-state index contributed by atoms with van der Waals surface area (Å²) in [5.74, 6) is -2.75. The lowest BCUT2D eigenvalue weighted by atomic mass is 10.2. The average molecular weight is 301 g/mol. The van der Waals surface area contributed by atoms with Gasteiger partial charge in [-0.2, -0.15) is 8.42 Å². The summed E-state index contributed by atoms with van der Waals surface area (Å²) in [5.41, 5.74) is -0.762. The predicted molar refractivity (Wildman–Crippen MR) is 64.3 cm³/mol. The van der Waals surface area contributed by atoms with Crippen LogP contribution in [-0.4, -0.2) is 39.5 Å². The highest BCUT2D eigenvalue weighted by molar-refractivity contribution is 7.85. The van der Waals surface area contributed by atoms with Gasteiger partial charge >= 0.3 is 6.09 Å². The molecule has 0 aliphatic heterocycles. The van der Waals surface area contributed by atoms with Crippen LogP contribution in [0.3, 0.4) is 0 Å². The van der Waals surface area contributed by atoms with Crippen molar-refractivity contribution in [2.45, 2.75) is 26.4 Å². The molecule has 112 valence electrons. The Kier molecular flexibility index (Phi) is 6.37. The van der Waals surface area contributed by atoms with E-state index >= 15 is 0 Å². The number of halogens is 2. The lowest BCUT2D eigenvalue weighted by Crippen LogP contribution is -2.33. The summed E-state index contributed by atoms with van der Waals surface area (Å²) in [7, 11) is -3.86. The van der Waals surface area contributed by atoms with E-state index in [9.17, 15) is 22.0 Å². The maximum absolute atomic E-state index is 13.1. The van der Waals surface area contributed by atoms with Gasteiger partial charge in [0.25, 0.3) is 10.1 Å². The SMILES string of the molecule is CC(C)(C)OC(=O)NC/C(F)=C(\F)COS(C)(=O)=O. The van der Waals surface area contributed by atoms with Gasteiger partial charge in [0.05, 0.1) is 12.8 Å². The Labute approximate surface area is 110 Å². The molecular formula is C10H17F2NO5S. The normalized spacial score (nSPS) is 13.8. The second-order valence-electron chi connectivity index (χ2n) is 4.63. The van der Waals surface area contributed by atoms with Crippen molar-refractivity contribution in [3.05, 3.63) is 11.7 Å². The highest BCUT2D eigenvalue weighted by atomic mass is 32.2. The monoisotopic (exact) mass is 301 g/mol. The summed E-state index contributed by atoms with van der Waals surface area (Å²) >= 11 is 0. The van der Waals surface area contributed by atoms with Gasteiger partial charge in [-0.1, -0.05) is 0 Å². The van der Waals surface area contributed by atoms with E-state index in [1.807, 2.05) is 5.32 Å². The molecule has 0 radical (unpaired) electrons. The first-order valence-electron chi connectivity index (χ1n) is 5.25. The summed E-state index contributed by atoms with van der Waals surface area (Å²) in [6.45, 7) is 3.02. The van der Waals surface area contributed by atoms with E-state index in [1.54, 1.807) is 20.8 Å². The minimum absolute atomic E-state index is 0.705. The molecule has 1 N–H and O–H groups in total. The van der Waals surface area contributed by atoms with E-state index in [2.05, 4.69) is 4.18 Å². The maximum atomic E-state index is 13.1. The molecule has 0 bridgehead atoms. The van der Waals surface area contributed by atoms with Gasteiger partial charge in [0.2, 0.25) is 0 Å². The molecule has 1 amide bonds. The van der Waals surface area contributed by atoms with Gasteiger partial charge in [0.15, 0.2) is 11.7 Å². The molecule has 0 heterocycles. The maximum Gasteiger partial charge on any atom is 0.408 e. The molecule has 0 rings (SSSR count). The van der Waals surface area contributed by atoms with Crippen molar-refractivity contribution in [3.8, 4) is 0 Å². The van der Waals surface area contributed by atoms with Gasteiger partial charge in [-0.25, -0.2) is 13.6 Å². The Balaban J connectivity index is 4.29. The van der Waals surface area contributed by atoms with Crippen LogP contribution in [0.5, 0.6) is 0 Å². The molecular weight excluding hydrogens is 284 g/mol. The smallest absolute Gasteiger partial charge is 0.408 e. The van der Waals surface area contributed by atoms with Crippen molar-refractivity contribution in [3.63, 3.8) is 0 Å². The fraction of sp³-hybridized carbons (Fsp3) is 0.700. The molecule has 0 aromatic rings. The standard InChI is InChI=1S/C10H17F2NO5S/c1-10(2,3)18-9(14)13-5-7(11)8(12)6-17-19(4,15)16/h5-6H2,1-4H3,(H,13,14)/b8-7+. The summed E-state index contributed by atoms with van der Waals surface area (Å²) in [6.07, 6.45) is -0.212. The number of amides is 1. The van der Waals surface area contributed by atoms with E-state index in [4.69, 9.17) is 4.74 Å². The zero-order valence-electron chi connectivity index (χ0n) is 11.1. The third-order valence-corrected chi connectivity index (χ3v) is 2.03. The molecule has 0 saturated heterocycles. The third kappa shape index (κ3) is 10.4. The van der Waals surface area contributed by atoms with Crippen molar-refractivity contribution < 1.29 is 30.9 Å². The molecule has 0 aliphatic rings. The lowest BCUT2D eigenvalue weighted by Gasteiger charge is -2.19. The van der Waals surface area contributed by atoms with Crippen LogP contribution in [0.4, 0.5) is 13.6 Å². The molecule has 9 heteroatoms. The average Bonchev–Trinajstić information content (AvgIpc) is 2.19. The fourth-order valence-electron chi connectivity index (χ4n) is 0.797. The molecule has 0 fully saturated rings. The molecule has 19 heavy (non-hydrogen) atoms. The summed E-state index contributed by atoms with van der Waals surface area (Å²) in [4.78, 5) is 11.1. The van der Waals surface area contributed by atoms with Gasteiger partial charge in [-0.05, 0) is 20.8 Å². The summed E-state index contributed by atoms with van der Waals surface area (Å²) in [5, 5.41) is 1.98. The van der Waals surface area contributed by atoms with E-state index in [0.29, 0.717) is 6.26 Å². The highest BCUT2D eigenvalue weighted by Gasteiger charge is 2.17. The number of hydrogen-bond acceptors (Lipinski definition) is 5. The van der Waals surface area contributed by atoms with Crippen LogP contribution < -0.4 is 5.32 Å². The molecule has 0 aromatic heterocycles. The fourth-order valence-corrected chi connectivity index (χ4v) is 1.11. The molecule has 0 unspecified atom stereocenters. The quantitative estimate of drug-likeness (QED) is 0.781. The first kappa shape index (κ1) is 17.8. The summed E-state index contributed by atoms with van der Waals surface area (Å²) in [6, 6.07) is 0. The van der Waals surface area contributed by atoms with Gasteiger partial charge in [0.1, 0.15) is 12.2 Å². The minimum Gasteiger partial charge on any atom is -0.444 e. The Hall–Kier alpha value is -1.22. The van der Waals surface area contributed by atoms with Gasteiger partial charge in [0, 0.05) is 0 Å². The third-order valence-electron chi connectivity index (χ3n) is 1.48. The van der Waals surface area contributed by atoms with E-state index < -0.39 is 46.6 Å². The second-order valence-corrected chi connectivity index (χ2v) is 6.28. The Morgan fingerprint density at radius 2 is 1.74 bits per heavy atom. The van der Waals surface area contributed by atoms with Gasteiger partial charge in [-0.15, -0.1) is 0 Å². The van der Waals surface area contributed by atoms with E-state index in [0.717, 1.165) is 0 Å². The summed E-state index contributed by atoms with van der Waals surface area (Å²) < 4.78 is 56.1. The molecule has 0 spiro atoms. The van der Waals surface area contributed by atoms with Crippen LogP contribution in [0, 0.1) is 0 Å². The van der Waals surface area contributed by atoms with Gasteiger partial charge < -0.3 is 10.1 Å². The number of ether oxygens (including phenoxy) is 1. The number of carbonyl (C=O) groups is 1. The number of carbonyl (C=O) groups excluding carboxylic acids is 1. The number of nitrogens with one attached hydrogen (secondary N) is 1. The zero-order valence-corrected chi connectivity index (χ0v) is 11.9. The molecule has 0 atom stereocenters. The van der Waals surface area contributed by atoms with Crippen molar-refractivity contribution >= 4 is 16.2 Å². The van der Waals surface area contributed by atoms with Crippen LogP contribution in [0.1, 0.15) is 20.8 Å².